The topological polar surface area (TPSA) is 32.6 Å². The van der Waals surface area contributed by atoms with E-state index in [2.05, 4.69) is 50.9 Å². The molecule has 2 nitrogen and oxygen atoms in total. The van der Waals surface area contributed by atoms with Crippen molar-refractivity contribution in [2.75, 3.05) is 7.05 Å². The van der Waals surface area contributed by atoms with E-state index < -0.39 is 0 Å². The molecule has 0 saturated heterocycles. The lowest BCUT2D eigenvalue weighted by molar-refractivity contribution is 0.481. The average molecular weight is 345 g/mol. The molecule has 0 amide bonds. The molecule has 0 unspecified atom stereocenters. The summed E-state index contributed by atoms with van der Waals surface area (Å²) in [4.78, 5) is 4.52. The Balaban J connectivity index is 0.000000948. The molecule has 1 aliphatic rings. The fourth-order valence-electron chi connectivity index (χ4n) is 4.12. The summed E-state index contributed by atoms with van der Waals surface area (Å²) in [5.41, 5.74) is 10.5. The quantitative estimate of drug-likeness (QED) is 0.401. The highest BCUT2D eigenvalue weighted by atomic mass is 16.3. The molecule has 0 aromatic heterocycles. The number of fused-ring (bicyclic) bond motifs is 5. The van der Waals surface area contributed by atoms with Crippen molar-refractivity contribution in [2.24, 2.45) is 4.99 Å². The van der Waals surface area contributed by atoms with Gasteiger partial charge in [-0.25, -0.2) is 0 Å². The van der Waals surface area contributed by atoms with Crippen LogP contribution in [0.15, 0.2) is 35.3 Å². The lowest BCUT2D eigenvalue weighted by Crippen LogP contribution is -2.00. The van der Waals surface area contributed by atoms with Crippen molar-refractivity contribution in [2.45, 2.75) is 41.5 Å². The number of hydrogen-bond donors (Lipinski definition) is 1. The normalized spacial score (nSPS) is 13.4. The van der Waals surface area contributed by atoms with Gasteiger partial charge in [0.2, 0.25) is 0 Å². The fraction of sp³-hybridized carbons (Fsp3) is 0.292. The first-order chi connectivity index (χ1) is 12.5. The second kappa shape index (κ2) is 6.60. The van der Waals surface area contributed by atoms with Crippen LogP contribution in [0.1, 0.15) is 47.2 Å². The van der Waals surface area contributed by atoms with E-state index in [9.17, 15) is 5.11 Å². The number of rotatable bonds is 0. The Kier molecular flexibility index (Phi) is 4.62. The van der Waals surface area contributed by atoms with Crippen LogP contribution in [0.5, 0.6) is 5.75 Å². The molecule has 134 valence electrons. The Morgan fingerprint density at radius 1 is 0.731 bits per heavy atom. The van der Waals surface area contributed by atoms with Gasteiger partial charge in [0.05, 0.1) is 5.71 Å². The zero-order valence-corrected chi connectivity index (χ0v) is 16.8. The number of phenols is 1. The standard InChI is InChI=1S/C22H21NO.C2H6/c1-11-12(2)14(4)20-19(13(11)3)18(24)10-17-21(20)15-8-6-7-9-16(15)22(17)23-5;1-2/h6-10,24H,1-5H3;1-2H3. The number of aryl methyl sites for hydroxylation is 2. The average Bonchev–Trinajstić information content (AvgIpc) is 2.98. The number of hydrogen-bond acceptors (Lipinski definition) is 2. The fourth-order valence-corrected chi connectivity index (χ4v) is 4.12. The van der Waals surface area contributed by atoms with E-state index in [1.807, 2.05) is 33.0 Å². The van der Waals surface area contributed by atoms with E-state index in [-0.39, 0.29) is 0 Å². The van der Waals surface area contributed by atoms with Crippen LogP contribution in [0.2, 0.25) is 0 Å². The summed E-state index contributed by atoms with van der Waals surface area (Å²) in [6, 6.07) is 10.3. The highest BCUT2D eigenvalue weighted by Crippen LogP contribution is 2.47. The molecule has 0 atom stereocenters. The largest absolute Gasteiger partial charge is 0.507 e. The van der Waals surface area contributed by atoms with E-state index in [0.29, 0.717) is 5.75 Å². The minimum atomic E-state index is 0.349. The summed E-state index contributed by atoms with van der Waals surface area (Å²) in [6.07, 6.45) is 0. The van der Waals surface area contributed by atoms with Crippen molar-refractivity contribution < 1.29 is 5.11 Å². The van der Waals surface area contributed by atoms with Gasteiger partial charge in [-0.3, -0.25) is 4.99 Å². The third-order valence-electron chi connectivity index (χ3n) is 5.67. The van der Waals surface area contributed by atoms with Crippen LogP contribution in [-0.4, -0.2) is 17.9 Å². The van der Waals surface area contributed by atoms with Crippen LogP contribution < -0.4 is 0 Å². The zero-order chi connectivity index (χ0) is 19.2. The van der Waals surface area contributed by atoms with Crippen molar-refractivity contribution in [3.05, 3.63) is 63.7 Å². The van der Waals surface area contributed by atoms with Crippen LogP contribution in [0.4, 0.5) is 0 Å². The summed E-state index contributed by atoms with van der Waals surface area (Å²) in [6.45, 7) is 12.6. The Morgan fingerprint density at radius 2 is 1.27 bits per heavy atom. The number of benzene rings is 3. The smallest absolute Gasteiger partial charge is 0.124 e. The Bertz CT molecular complexity index is 1060. The molecular weight excluding hydrogens is 318 g/mol. The molecule has 0 spiro atoms. The predicted octanol–water partition coefficient (Wildman–Crippen LogP) is 6.25. The van der Waals surface area contributed by atoms with Crippen molar-refractivity contribution in [1.82, 2.24) is 0 Å². The third kappa shape index (κ3) is 2.28. The van der Waals surface area contributed by atoms with Crippen LogP contribution >= 0.6 is 0 Å². The van der Waals surface area contributed by atoms with E-state index in [1.54, 1.807) is 0 Å². The van der Waals surface area contributed by atoms with Crippen LogP contribution in [-0.2, 0) is 0 Å². The minimum Gasteiger partial charge on any atom is -0.507 e. The SMILES string of the molecule is CC.CN=C1c2ccccc2-c2c1cc(O)c1c(C)c(C)c(C)c(C)c21. The third-order valence-corrected chi connectivity index (χ3v) is 5.67. The Morgan fingerprint density at radius 3 is 1.85 bits per heavy atom. The highest BCUT2D eigenvalue weighted by molar-refractivity contribution is 6.29. The van der Waals surface area contributed by atoms with Crippen molar-refractivity contribution >= 4 is 16.5 Å². The second-order valence-electron chi connectivity index (χ2n) is 6.69. The number of aromatic hydroxyl groups is 1. The van der Waals surface area contributed by atoms with Crippen molar-refractivity contribution in [1.29, 1.82) is 0 Å². The number of nitrogens with zero attached hydrogens (tertiary/aromatic N) is 1. The van der Waals surface area contributed by atoms with Gasteiger partial charge in [0.1, 0.15) is 5.75 Å². The lowest BCUT2D eigenvalue weighted by atomic mass is 9.86. The summed E-state index contributed by atoms with van der Waals surface area (Å²) < 4.78 is 0. The van der Waals surface area contributed by atoms with Crippen LogP contribution in [0.3, 0.4) is 0 Å². The first-order valence-electron chi connectivity index (χ1n) is 9.30. The summed E-state index contributed by atoms with van der Waals surface area (Å²) in [5.74, 6) is 0.349. The second-order valence-corrected chi connectivity index (χ2v) is 6.69. The maximum Gasteiger partial charge on any atom is 0.124 e. The maximum atomic E-state index is 10.8. The number of aliphatic imine (C=N–C) groups is 1. The summed E-state index contributed by atoms with van der Waals surface area (Å²) >= 11 is 0. The van der Waals surface area contributed by atoms with Gasteiger partial charge < -0.3 is 5.11 Å². The van der Waals surface area contributed by atoms with Crippen LogP contribution in [0.25, 0.3) is 21.9 Å². The molecule has 1 N–H and O–H groups in total. The predicted molar refractivity (Wildman–Crippen MR) is 113 cm³/mol. The van der Waals surface area contributed by atoms with Gasteiger partial charge in [0, 0.05) is 29.1 Å². The first-order valence-corrected chi connectivity index (χ1v) is 9.30. The molecule has 0 bridgehead atoms. The lowest BCUT2D eigenvalue weighted by Gasteiger charge is -2.18. The van der Waals surface area contributed by atoms with E-state index in [0.717, 1.165) is 33.2 Å². The van der Waals surface area contributed by atoms with Crippen LogP contribution in [0, 0.1) is 27.7 Å². The first kappa shape index (κ1) is 18.2. The molecule has 0 radical (unpaired) electrons. The van der Waals surface area contributed by atoms with Gasteiger partial charge in [0.25, 0.3) is 0 Å². The Labute approximate surface area is 156 Å². The summed E-state index contributed by atoms with van der Waals surface area (Å²) in [5, 5.41) is 12.9. The van der Waals surface area contributed by atoms with Gasteiger partial charge in [-0.1, -0.05) is 38.1 Å². The monoisotopic (exact) mass is 345 g/mol. The van der Waals surface area contributed by atoms with Gasteiger partial charge in [-0.15, -0.1) is 0 Å². The molecule has 1 aliphatic carbocycles. The molecule has 2 heteroatoms. The number of phenolic OH excluding ortho intramolecular Hbond substituents is 1. The maximum absolute atomic E-state index is 10.8. The molecule has 3 aromatic carbocycles. The van der Waals surface area contributed by atoms with Crippen molar-refractivity contribution in [3.8, 4) is 16.9 Å². The van der Waals surface area contributed by atoms with Gasteiger partial charge >= 0.3 is 0 Å². The van der Waals surface area contributed by atoms with E-state index in [4.69, 9.17) is 0 Å². The minimum absolute atomic E-state index is 0.349. The molecule has 0 saturated carbocycles. The van der Waals surface area contributed by atoms with Gasteiger partial charge in [-0.05, 0) is 67.0 Å². The molecule has 3 aromatic rings. The summed E-state index contributed by atoms with van der Waals surface area (Å²) in [7, 11) is 1.82. The Hall–Kier alpha value is -2.61. The molecule has 0 fully saturated rings. The van der Waals surface area contributed by atoms with Crippen molar-refractivity contribution in [3.63, 3.8) is 0 Å². The molecule has 4 rings (SSSR count). The highest BCUT2D eigenvalue weighted by Gasteiger charge is 2.29. The van der Waals surface area contributed by atoms with E-state index in [1.165, 1.54) is 27.8 Å². The molecule has 0 heterocycles. The molecule has 26 heavy (non-hydrogen) atoms. The van der Waals surface area contributed by atoms with Gasteiger partial charge in [0.15, 0.2) is 0 Å². The zero-order valence-electron chi connectivity index (χ0n) is 16.8. The molecule has 0 aliphatic heterocycles. The van der Waals surface area contributed by atoms with E-state index >= 15 is 0 Å². The van der Waals surface area contributed by atoms with Gasteiger partial charge in [-0.2, -0.15) is 0 Å². The molecular formula is C24H27NO.